The number of hydrogen-bond acceptors (Lipinski definition) is 2. The molecule has 0 spiro atoms. The van der Waals surface area contributed by atoms with Gasteiger partial charge in [0.1, 0.15) is 0 Å². The van der Waals surface area contributed by atoms with E-state index in [-0.39, 0.29) is 11.6 Å². The van der Waals surface area contributed by atoms with Gasteiger partial charge >= 0.3 is 0 Å². The molecule has 1 aromatic heterocycles. The Morgan fingerprint density at radius 3 is 2.85 bits per heavy atom. The maximum absolute atomic E-state index is 10.1. The second kappa shape index (κ2) is 5.92. The largest absolute Gasteiger partial charge is 0.494 e. The van der Waals surface area contributed by atoms with Crippen molar-refractivity contribution in [1.29, 1.82) is 5.41 Å². The smallest absolute Gasteiger partial charge is 0.199 e. The zero-order chi connectivity index (χ0) is 14.7. The van der Waals surface area contributed by atoms with Crippen LogP contribution in [0.15, 0.2) is 59.1 Å². The van der Waals surface area contributed by atoms with Gasteiger partial charge < -0.3 is 10.1 Å². The Bertz CT molecular complexity index is 738. The quantitative estimate of drug-likeness (QED) is 0.552. The highest BCUT2D eigenvalue weighted by molar-refractivity contribution is 9.10. The molecule has 102 valence electrons. The highest BCUT2D eigenvalue weighted by atomic mass is 79.9. The lowest BCUT2D eigenvalue weighted by atomic mass is 10.0. The minimum Gasteiger partial charge on any atom is -0.494 e. The lowest BCUT2D eigenvalue weighted by Gasteiger charge is -2.05. The average Bonchev–Trinajstić information content (AvgIpc) is 2.73. The molecular formula is C16H15BrN2O. The molecule has 20 heavy (non-hydrogen) atoms. The average molecular weight is 331 g/mol. The van der Waals surface area contributed by atoms with Gasteiger partial charge in [0.15, 0.2) is 5.88 Å². The normalized spacial score (nSPS) is 12.2. The molecule has 0 unspecified atom stereocenters. The Hall–Kier alpha value is -2.07. The number of fused-ring (bicyclic) bond motifs is 1. The fraction of sp³-hybridized carbons (Fsp3) is 0.0625. The van der Waals surface area contributed by atoms with Crippen LogP contribution in [-0.2, 0) is 0 Å². The van der Waals surface area contributed by atoms with Crippen LogP contribution in [0.5, 0.6) is 5.88 Å². The van der Waals surface area contributed by atoms with Crippen molar-refractivity contribution in [2.24, 2.45) is 0 Å². The summed E-state index contributed by atoms with van der Waals surface area (Å²) in [6.07, 6.45) is 7.05. The maximum atomic E-state index is 10.1. The van der Waals surface area contributed by atoms with Gasteiger partial charge in [-0.1, -0.05) is 46.8 Å². The molecule has 0 aliphatic heterocycles. The van der Waals surface area contributed by atoms with Gasteiger partial charge in [-0.15, -0.1) is 0 Å². The number of H-pyrrole nitrogens is 1. The van der Waals surface area contributed by atoms with Crippen LogP contribution < -0.4 is 0 Å². The van der Waals surface area contributed by atoms with E-state index in [1.54, 1.807) is 12.2 Å². The predicted octanol–water partition coefficient (Wildman–Crippen LogP) is 4.69. The first-order chi connectivity index (χ1) is 9.58. The Labute approximate surface area is 126 Å². The highest BCUT2D eigenvalue weighted by Crippen LogP contribution is 2.31. The first kappa shape index (κ1) is 14.3. The Morgan fingerprint density at radius 2 is 2.20 bits per heavy atom. The summed E-state index contributed by atoms with van der Waals surface area (Å²) >= 11 is 3.41. The van der Waals surface area contributed by atoms with Gasteiger partial charge in [0, 0.05) is 15.4 Å². The molecule has 0 aliphatic carbocycles. The molecule has 2 rings (SSSR count). The molecule has 4 heteroatoms. The van der Waals surface area contributed by atoms with Gasteiger partial charge in [-0.2, -0.15) is 0 Å². The van der Waals surface area contributed by atoms with Crippen LogP contribution in [0.3, 0.4) is 0 Å². The van der Waals surface area contributed by atoms with Crippen molar-refractivity contribution in [3.05, 3.63) is 64.7 Å². The summed E-state index contributed by atoms with van der Waals surface area (Å²) in [7, 11) is 0. The summed E-state index contributed by atoms with van der Waals surface area (Å²) in [5.41, 5.74) is 2.24. The van der Waals surface area contributed by atoms with E-state index in [2.05, 4.69) is 27.5 Å². The summed E-state index contributed by atoms with van der Waals surface area (Å²) in [6, 6.07) is 5.64. The molecule has 0 bridgehead atoms. The van der Waals surface area contributed by atoms with E-state index in [0.29, 0.717) is 11.1 Å². The van der Waals surface area contributed by atoms with Crippen LogP contribution in [0.1, 0.15) is 12.5 Å². The molecule has 3 N–H and O–H groups in total. The molecule has 1 heterocycles. The van der Waals surface area contributed by atoms with Gasteiger partial charge in [0.2, 0.25) is 0 Å². The van der Waals surface area contributed by atoms with Crippen molar-refractivity contribution in [2.45, 2.75) is 6.92 Å². The summed E-state index contributed by atoms with van der Waals surface area (Å²) in [5, 5.41) is 19.2. The highest BCUT2D eigenvalue weighted by Gasteiger charge is 2.17. The van der Waals surface area contributed by atoms with Crippen LogP contribution in [0.25, 0.3) is 10.9 Å². The molecule has 2 aromatic rings. The number of allylic oxidation sites excluding steroid dienone is 5. The van der Waals surface area contributed by atoms with Crippen molar-refractivity contribution < 1.29 is 5.11 Å². The summed E-state index contributed by atoms with van der Waals surface area (Å²) in [5.74, 6) is 0.00238. The van der Waals surface area contributed by atoms with Gasteiger partial charge in [-0.3, -0.25) is 5.41 Å². The first-order valence-corrected chi connectivity index (χ1v) is 6.92. The molecule has 0 radical (unpaired) electrons. The first-order valence-electron chi connectivity index (χ1n) is 6.13. The minimum atomic E-state index is 0.00238. The van der Waals surface area contributed by atoms with E-state index < -0.39 is 0 Å². The molecule has 3 nitrogen and oxygen atoms in total. The van der Waals surface area contributed by atoms with E-state index in [9.17, 15) is 5.11 Å². The van der Waals surface area contributed by atoms with Crippen molar-refractivity contribution in [2.75, 3.05) is 0 Å². The number of halogens is 1. The van der Waals surface area contributed by atoms with E-state index in [1.165, 1.54) is 0 Å². The fourth-order valence-electron chi connectivity index (χ4n) is 2.08. The lowest BCUT2D eigenvalue weighted by molar-refractivity contribution is 0.457. The number of aromatic nitrogens is 1. The number of aromatic hydroxyl groups is 1. The summed E-state index contributed by atoms with van der Waals surface area (Å²) < 4.78 is 0.901. The van der Waals surface area contributed by atoms with Gasteiger partial charge in [-0.25, -0.2) is 0 Å². The number of aromatic amines is 1. The van der Waals surface area contributed by atoms with Crippen LogP contribution >= 0.6 is 15.9 Å². The maximum Gasteiger partial charge on any atom is 0.199 e. The standard InChI is InChI=1S/C16H15BrN2O/c1-3-5-10(6-4-2)15(18)14-12-9-11(17)7-8-13(12)19-16(14)20/h3-9,18-20H,1H2,2H3/b6-4-,10-5+,18-15?. The van der Waals surface area contributed by atoms with E-state index in [4.69, 9.17) is 5.41 Å². The third-order valence-electron chi connectivity index (χ3n) is 2.92. The van der Waals surface area contributed by atoms with E-state index in [1.807, 2.05) is 37.3 Å². The molecule has 0 amide bonds. The van der Waals surface area contributed by atoms with E-state index in [0.717, 1.165) is 15.4 Å². The minimum absolute atomic E-state index is 0.00238. The van der Waals surface area contributed by atoms with Gasteiger partial charge in [-0.05, 0) is 30.7 Å². The van der Waals surface area contributed by atoms with Gasteiger partial charge in [0.25, 0.3) is 0 Å². The third kappa shape index (κ3) is 2.60. The summed E-state index contributed by atoms with van der Waals surface area (Å²) in [6.45, 7) is 5.55. The SMILES string of the molecule is C=C/C=C(\C=C/C)C(=N)c1c(O)[nH]c2ccc(Br)cc12. The molecule has 1 aromatic carbocycles. The van der Waals surface area contributed by atoms with E-state index >= 15 is 0 Å². The fourth-order valence-corrected chi connectivity index (χ4v) is 2.44. The van der Waals surface area contributed by atoms with Crippen LogP contribution in [0, 0.1) is 5.41 Å². The number of nitrogens with one attached hydrogen (secondary N) is 2. The number of hydrogen-bond donors (Lipinski definition) is 3. The monoisotopic (exact) mass is 330 g/mol. The van der Waals surface area contributed by atoms with Crippen molar-refractivity contribution in [3.63, 3.8) is 0 Å². The molecule has 0 saturated heterocycles. The van der Waals surface area contributed by atoms with Crippen LogP contribution in [0.4, 0.5) is 0 Å². The molecular weight excluding hydrogens is 316 g/mol. The van der Waals surface area contributed by atoms with Gasteiger partial charge in [0.05, 0.1) is 11.3 Å². The van der Waals surface area contributed by atoms with Crippen LogP contribution in [0.2, 0.25) is 0 Å². The Balaban J connectivity index is 2.65. The number of benzene rings is 1. The third-order valence-corrected chi connectivity index (χ3v) is 3.42. The molecule has 0 fully saturated rings. The van der Waals surface area contributed by atoms with Crippen molar-refractivity contribution in [3.8, 4) is 5.88 Å². The van der Waals surface area contributed by atoms with Crippen molar-refractivity contribution >= 4 is 32.5 Å². The lowest BCUT2D eigenvalue weighted by Crippen LogP contribution is -2.01. The van der Waals surface area contributed by atoms with Crippen LogP contribution in [-0.4, -0.2) is 15.8 Å². The summed E-state index contributed by atoms with van der Waals surface area (Å²) in [4.78, 5) is 2.89. The molecule has 0 saturated carbocycles. The second-order valence-electron chi connectivity index (χ2n) is 4.27. The zero-order valence-electron chi connectivity index (χ0n) is 11.1. The Kier molecular flexibility index (Phi) is 4.25. The van der Waals surface area contributed by atoms with Crippen molar-refractivity contribution in [1.82, 2.24) is 4.98 Å². The Morgan fingerprint density at radius 1 is 1.45 bits per heavy atom. The number of rotatable bonds is 4. The zero-order valence-corrected chi connectivity index (χ0v) is 12.7. The second-order valence-corrected chi connectivity index (χ2v) is 5.19. The topological polar surface area (TPSA) is 59.9 Å². The molecule has 0 aliphatic rings. The molecule has 0 atom stereocenters. The predicted molar refractivity (Wildman–Crippen MR) is 87.6 cm³/mol.